The van der Waals surface area contributed by atoms with E-state index in [1.807, 2.05) is 38.1 Å². The molecule has 18 heavy (non-hydrogen) atoms. The minimum absolute atomic E-state index is 0.343. The Balaban J connectivity index is 2.50. The van der Waals surface area contributed by atoms with Crippen LogP contribution in [0.15, 0.2) is 24.3 Å². The zero-order valence-corrected chi connectivity index (χ0v) is 10.9. The number of carboxylic acids is 1. The quantitative estimate of drug-likeness (QED) is 0.772. The summed E-state index contributed by atoms with van der Waals surface area (Å²) in [5.41, 5.74) is 0. The van der Waals surface area contributed by atoms with Crippen molar-refractivity contribution in [1.82, 2.24) is 0 Å². The number of carbonyl (C=O) groups is 1. The van der Waals surface area contributed by atoms with Gasteiger partial charge in [-0.2, -0.15) is 0 Å². The Morgan fingerprint density at radius 3 is 2.33 bits per heavy atom. The van der Waals surface area contributed by atoms with E-state index in [-0.39, 0.29) is 5.92 Å². The summed E-state index contributed by atoms with van der Waals surface area (Å²) in [6.07, 6.45) is 1.12. The van der Waals surface area contributed by atoms with Crippen LogP contribution in [-0.4, -0.2) is 24.3 Å². The van der Waals surface area contributed by atoms with Crippen molar-refractivity contribution < 1.29 is 19.4 Å². The molecule has 0 amide bonds. The first-order valence-corrected chi connectivity index (χ1v) is 6.26. The second kappa shape index (κ2) is 7.58. The molecule has 4 heteroatoms. The normalized spacial score (nSPS) is 11.9. The van der Waals surface area contributed by atoms with Crippen LogP contribution in [0.4, 0.5) is 0 Å². The first-order valence-electron chi connectivity index (χ1n) is 6.26. The number of hydrogen-bond acceptors (Lipinski definition) is 3. The highest BCUT2D eigenvalue weighted by Gasteiger charge is 2.15. The van der Waals surface area contributed by atoms with Crippen LogP contribution in [0.2, 0.25) is 0 Å². The molecular formula is C14H20O4. The first-order chi connectivity index (χ1) is 8.69. The molecule has 1 rings (SSSR count). The van der Waals surface area contributed by atoms with Gasteiger partial charge in [-0.25, -0.2) is 0 Å². The van der Waals surface area contributed by atoms with Gasteiger partial charge in [0.25, 0.3) is 0 Å². The number of aliphatic carboxylic acids is 1. The van der Waals surface area contributed by atoms with E-state index in [1.165, 1.54) is 0 Å². The van der Waals surface area contributed by atoms with Crippen LogP contribution >= 0.6 is 0 Å². The minimum atomic E-state index is -0.765. The first kappa shape index (κ1) is 14.4. The van der Waals surface area contributed by atoms with Gasteiger partial charge in [-0.05, 0) is 31.9 Å². The number of ether oxygens (including phenoxy) is 2. The van der Waals surface area contributed by atoms with Crippen LogP contribution < -0.4 is 9.47 Å². The van der Waals surface area contributed by atoms with Gasteiger partial charge in [-0.3, -0.25) is 4.79 Å². The van der Waals surface area contributed by atoms with E-state index >= 15 is 0 Å². The van der Waals surface area contributed by atoms with Gasteiger partial charge >= 0.3 is 5.97 Å². The molecule has 0 fully saturated rings. The molecule has 1 aromatic carbocycles. The largest absolute Gasteiger partial charge is 0.490 e. The molecule has 0 saturated carbocycles. The van der Waals surface area contributed by atoms with Crippen molar-refractivity contribution in [3.05, 3.63) is 24.3 Å². The lowest BCUT2D eigenvalue weighted by atomic mass is 10.0. The molecule has 0 spiro atoms. The maximum atomic E-state index is 10.9. The predicted molar refractivity (Wildman–Crippen MR) is 69.1 cm³/mol. The average molecular weight is 252 g/mol. The van der Waals surface area contributed by atoms with E-state index in [2.05, 4.69) is 0 Å². The van der Waals surface area contributed by atoms with Crippen molar-refractivity contribution in [1.29, 1.82) is 0 Å². The van der Waals surface area contributed by atoms with E-state index < -0.39 is 5.97 Å². The highest BCUT2D eigenvalue weighted by Crippen LogP contribution is 2.26. The van der Waals surface area contributed by atoms with Gasteiger partial charge in [0.1, 0.15) is 0 Å². The van der Waals surface area contributed by atoms with Crippen LogP contribution in [0.1, 0.15) is 26.7 Å². The average Bonchev–Trinajstić information content (AvgIpc) is 2.36. The number of para-hydroxylation sites is 2. The second-order valence-electron chi connectivity index (χ2n) is 3.96. The van der Waals surface area contributed by atoms with Crippen molar-refractivity contribution in [2.75, 3.05) is 13.2 Å². The van der Waals surface area contributed by atoms with E-state index in [0.717, 1.165) is 0 Å². The smallest absolute Gasteiger partial charge is 0.306 e. The summed E-state index contributed by atoms with van der Waals surface area (Å²) < 4.78 is 11.0. The van der Waals surface area contributed by atoms with E-state index in [0.29, 0.717) is 37.6 Å². The Morgan fingerprint density at radius 2 is 1.83 bits per heavy atom. The Morgan fingerprint density at radius 1 is 1.22 bits per heavy atom. The summed E-state index contributed by atoms with van der Waals surface area (Å²) in [7, 11) is 0. The molecule has 100 valence electrons. The maximum absolute atomic E-state index is 10.9. The SMILES string of the molecule is CCOc1ccccc1OCCC(CC)C(=O)O. The molecule has 1 aromatic rings. The third-order valence-corrected chi connectivity index (χ3v) is 2.71. The van der Waals surface area contributed by atoms with Crippen molar-refractivity contribution in [2.45, 2.75) is 26.7 Å². The third-order valence-electron chi connectivity index (χ3n) is 2.71. The predicted octanol–water partition coefficient (Wildman–Crippen LogP) is 2.97. The number of rotatable bonds is 8. The van der Waals surface area contributed by atoms with E-state index in [9.17, 15) is 4.79 Å². The molecule has 0 aliphatic rings. The second-order valence-corrected chi connectivity index (χ2v) is 3.96. The molecule has 1 atom stereocenters. The summed E-state index contributed by atoms with van der Waals surface area (Å²) in [4.78, 5) is 10.9. The van der Waals surface area contributed by atoms with E-state index in [1.54, 1.807) is 0 Å². The van der Waals surface area contributed by atoms with Gasteiger partial charge < -0.3 is 14.6 Å². The van der Waals surface area contributed by atoms with Crippen molar-refractivity contribution in [3.8, 4) is 11.5 Å². The molecular weight excluding hydrogens is 232 g/mol. The summed E-state index contributed by atoms with van der Waals surface area (Å²) in [5, 5.41) is 8.93. The van der Waals surface area contributed by atoms with Crippen LogP contribution in [0, 0.1) is 5.92 Å². The fourth-order valence-corrected chi connectivity index (χ4v) is 1.66. The van der Waals surface area contributed by atoms with Crippen LogP contribution in [0.25, 0.3) is 0 Å². The monoisotopic (exact) mass is 252 g/mol. The topological polar surface area (TPSA) is 55.8 Å². The zero-order chi connectivity index (χ0) is 13.4. The fourth-order valence-electron chi connectivity index (χ4n) is 1.66. The van der Waals surface area contributed by atoms with Gasteiger partial charge in [0.15, 0.2) is 11.5 Å². The lowest BCUT2D eigenvalue weighted by molar-refractivity contribution is -0.142. The van der Waals surface area contributed by atoms with E-state index in [4.69, 9.17) is 14.6 Å². The van der Waals surface area contributed by atoms with Gasteiger partial charge in [0, 0.05) is 0 Å². The molecule has 0 aliphatic heterocycles. The van der Waals surface area contributed by atoms with Gasteiger partial charge in [0.05, 0.1) is 19.1 Å². The van der Waals surface area contributed by atoms with Crippen LogP contribution in [0.3, 0.4) is 0 Å². The molecule has 0 aromatic heterocycles. The lowest BCUT2D eigenvalue weighted by Crippen LogP contribution is -2.16. The molecule has 0 heterocycles. The highest BCUT2D eigenvalue weighted by molar-refractivity contribution is 5.69. The molecule has 1 unspecified atom stereocenters. The van der Waals surface area contributed by atoms with Crippen LogP contribution in [-0.2, 0) is 4.79 Å². The summed E-state index contributed by atoms with van der Waals surface area (Å²) in [6, 6.07) is 7.41. The third kappa shape index (κ3) is 4.28. The molecule has 0 radical (unpaired) electrons. The Kier molecular flexibility index (Phi) is 6.05. The Bertz CT molecular complexity index is 376. The summed E-state index contributed by atoms with van der Waals surface area (Å²) in [5.74, 6) is 0.256. The van der Waals surface area contributed by atoms with Crippen molar-refractivity contribution in [2.24, 2.45) is 5.92 Å². The molecule has 0 bridgehead atoms. The van der Waals surface area contributed by atoms with Gasteiger partial charge in [0.2, 0.25) is 0 Å². The number of carboxylic acid groups (broad SMARTS) is 1. The van der Waals surface area contributed by atoms with Gasteiger partial charge in [-0.15, -0.1) is 0 Å². The molecule has 1 N–H and O–H groups in total. The summed E-state index contributed by atoms with van der Waals surface area (Å²) >= 11 is 0. The maximum Gasteiger partial charge on any atom is 0.306 e. The minimum Gasteiger partial charge on any atom is -0.490 e. The Hall–Kier alpha value is -1.71. The molecule has 4 nitrogen and oxygen atoms in total. The number of hydrogen-bond donors (Lipinski definition) is 1. The summed E-state index contributed by atoms with van der Waals surface area (Å²) in [6.45, 7) is 4.74. The molecule has 0 aliphatic carbocycles. The highest BCUT2D eigenvalue weighted by atomic mass is 16.5. The standard InChI is InChI=1S/C14H20O4/c1-3-11(14(15)16)9-10-18-13-8-6-5-7-12(13)17-4-2/h5-8,11H,3-4,9-10H2,1-2H3,(H,15,16). The lowest BCUT2D eigenvalue weighted by Gasteiger charge is -2.13. The molecule has 0 saturated heterocycles. The van der Waals surface area contributed by atoms with Crippen molar-refractivity contribution >= 4 is 5.97 Å². The Labute approximate surface area is 108 Å². The van der Waals surface area contributed by atoms with Crippen molar-refractivity contribution in [3.63, 3.8) is 0 Å². The zero-order valence-electron chi connectivity index (χ0n) is 10.9. The number of benzene rings is 1. The fraction of sp³-hybridized carbons (Fsp3) is 0.500. The van der Waals surface area contributed by atoms with Crippen LogP contribution in [0.5, 0.6) is 11.5 Å². The van der Waals surface area contributed by atoms with Gasteiger partial charge in [-0.1, -0.05) is 19.1 Å².